The maximum Gasteiger partial charge on any atom is 0.0593 e. The van der Waals surface area contributed by atoms with E-state index in [0.29, 0.717) is 0 Å². The third-order valence-corrected chi connectivity index (χ3v) is 5.73. The summed E-state index contributed by atoms with van der Waals surface area (Å²) < 4.78 is 1.12. The second-order valence-electron chi connectivity index (χ2n) is 5.36. The minimum absolute atomic E-state index is 0.208. The molecule has 0 radical (unpaired) electrons. The lowest BCUT2D eigenvalue weighted by molar-refractivity contribution is 0.560. The molecule has 2 aromatic rings. The minimum atomic E-state index is 0.208. The molecule has 1 aromatic heterocycles. The van der Waals surface area contributed by atoms with Crippen molar-refractivity contribution in [1.29, 1.82) is 0 Å². The molecule has 0 fully saturated rings. The number of benzene rings is 1. The third kappa shape index (κ3) is 3.14. The first-order chi connectivity index (χ1) is 9.76. The highest BCUT2D eigenvalue weighted by atomic mass is 79.9. The lowest BCUT2D eigenvalue weighted by atomic mass is 9.98. The maximum absolute atomic E-state index is 5.79. The van der Waals surface area contributed by atoms with Crippen LogP contribution in [0, 0.1) is 0 Å². The molecule has 1 aliphatic rings. The molecule has 0 bridgehead atoms. The van der Waals surface area contributed by atoms with Crippen molar-refractivity contribution in [2.75, 3.05) is 0 Å². The summed E-state index contributed by atoms with van der Waals surface area (Å²) in [5, 5.41) is 0. The standard InChI is InChI=1S/C16H19BrN2S/c17-13-6-3-4-11(8-13)9-14(19-18)16-10-12-5-1-2-7-15(12)20-16/h3-4,6,8,10,14,19H,1-2,5,7,9,18H2. The van der Waals surface area contributed by atoms with Crippen LogP contribution in [-0.2, 0) is 19.3 Å². The maximum atomic E-state index is 5.79. The monoisotopic (exact) mass is 350 g/mol. The summed E-state index contributed by atoms with van der Waals surface area (Å²) in [6.07, 6.45) is 6.07. The predicted octanol–water partition coefficient (Wildman–Crippen LogP) is 4.14. The van der Waals surface area contributed by atoms with Gasteiger partial charge in [0.2, 0.25) is 0 Å². The quantitative estimate of drug-likeness (QED) is 0.642. The molecule has 0 saturated heterocycles. The average molecular weight is 351 g/mol. The van der Waals surface area contributed by atoms with Crippen molar-refractivity contribution >= 4 is 27.3 Å². The van der Waals surface area contributed by atoms with Crippen molar-refractivity contribution in [3.8, 4) is 0 Å². The van der Waals surface area contributed by atoms with Crippen LogP contribution in [0.1, 0.15) is 39.8 Å². The number of rotatable bonds is 4. The average Bonchev–Trinajstić information content (AvgIpc) is 2.88. The van der Waals surface area contributed by atoms with Crippen LogP contribution in [0.2, 0.25) is 0 Å². The lowest BCUT2D eigenvalue weighted by Crippen LogP contribution is -2.28. The Morgan fingerprint density at radius 3 is 2.85 bits per heavy atom. The van der Waals surface area contributed by atoms with E-state index in [9.17, 15) is 0 Å². The molecular weight excluding hydrogens is 332 g/mol. The van der Waals surface area contributed by atoms with Gasteiger partial charge in [0.1, 0.15) is 0 Å². The van der Waals surface area contributed by atoms with Crippen molar-refractivity contribution in [1.82, 2.24) is 5.43 Å². The number of hydrazine groups is 1. The van der Waals surface area contributed by atoms with Gasteiger partial charge in [-0.1, -0.05) is 28.1 Å². The molecule has 3 rings (SSSR count). The molecule has 0 aliphatic heterocycles. The second kappa shape index (κ2) is 6.39. The van der Waals surface area contributed by atoms with E-state index in [4.69, 9.17) is 5.84 Å². The van der Waals surface area contributed by atoms with Crippen molar-refractivity contribution < 1.29 is 0 Å². The zero-order valence-corrected chi connectivity index (χ0v) is 13.8. The summed E-state index contributed by atoms with van der Waals surface area (Å²) in [5.74, 6) is 5.79. The Labute approximate surface area is 132 Å². The van der Waals surface area contributed by atoms with E-state index in [-0.39, 0.29) is 6.04 Å². The van der Waals surface area contributed by atoms with Crippen LogP contribution in [0.4, 0.5) is 0 Å². The van der Waals surface area contributed by atoms with Crippen LogP contribution in [-0.4, -0.2) is 0 Å². The van der Waals surface area contributed by atoms with Crippen LogP contribution >= 0.6 is 27.3 Å². The molecular formula is C16H19BrN2S. The van der Waals surface area contributed by atoms with Crippen molar-refractivity contribution in [3.63, 3.8) is 0 Å². The van der Waals surface area contributed by atoms with E-state index in [1.54, 1.807) is 10.4 Å². The highest BCUT2D eigenvalue weighted by Gasteiger charge is 2.18. The predicted molar refractivity (Wildman–Crippen MR) is 88.9 cm³/mol. The van der Waals surface area contributed by atoms with Gasteiger partial charge in [-0.25, -0.2) is 0 Å². The summed E-state index contributed by atoms with van der Waals surface area (Å²) in [6.45, 7) is 0. The van der Waals surface area contributed by atoms with E-state index >= 15 is 0 Å². The van der Waals surface area contributed by atoms with Crippen LogP contribution < -0.4 is 11.3 Å². The Bertz CT molecular complexity index is 570. The fourth-order valence-electron chi connectivity index (χ4n) is 2.83. The Morgan fingerprint density at radius 2 is 2.10 bits per heavy atom. The van der Waals surface area contributed by atoms with Crippen LogP contribution in [0.25, 0.3) is 0 Å². The van der Waals surface area contributed by atoms with Gasteiger partial charge in [-0.2, -0.15) is 0 Å². The van der Waals surface area contributed by atoms with Gasteiger partial charge in [0, 0.05) is 14.2 Å². The normalized spacial score (nSPS) is 15.9. The molecule has 4 heteroatoms. The lowest BCUT2D eigenvalue weighted by Gasteiger charge is -2.14. The summed E-state index contributed by atoms with van der Waals surface area (Å²) in [5.41, 5.74) is 5.84. The van der Waals surface area contributed by atoms with E-state index < -0.39 is 0 Å². The van der Waals surface area contributed by atoms with Gasteiger partial charge in [0.15, 0.2) is 0 Å². The molecule has 20 heavy (non-hydrogen) atoms. The van der Waals surface area contributed by atoms with Crippen LogP contribution in [0.3, 0.4) is 0 Å². The number of nitrogens with one attached hydrogen (secondary N) is 1. The van der Waals surface area contributed by atoms with Gasteiger partial charge in [-0.3, -0.25) is 11.3 Å². The highest BCUT2D eigenvalue weighted by Crippen LogP contribution is 2.34. The number of nitrogens with two attached hydrogens (primary N) is 1. The minimum Gasteiger partial charge on any atom is -0.271 e. The summed E-state index contributed by atoms with van der Waals surface area (Å²) >= 11 is 5.46. The molecule has 1 aliphatic carbocycles. The van der Waals surface area contributed by atoms with Crippen molar-refractivity contribution in [2.24, 2.45) is 5.84 Å². The number of hydrogen-bond donors (Lipinski definition) is 2. The topological polar surface area (TPSA) is 38.0 Å². The molecule has 0 amide bonds. The Balaban J connectivity index is 1.81. The van der Waals surface area contributed by atoms with Gasteiger partial charge in [0.25, 0.3) is 0 Å². The number of fused-ring (bicyclic) bond motifs is 1. The van der Waals surface area contributed by atoms with E-state index in [0.717, 1.165) is 10.9 Å². The second-order valence-corrected chi connectivity index (χ2v) is 7.44. The fourth-order valence-corrected chi connectivity index (χ4v) is 4.59. The molecule has 1 unspecified atom stereocenters. The highest BCUT2D eigenvalue weighted by molar-refractivity contribution is 9.10. The van der Waals surface area contributed by atoms with Crippen LogP contribution in [0.5, 0.6) is 0 Å². The number of thiophene rings is 1. The van der Waals surface area contributed by atoms with Crippen LogP contribution in [0.15, 0.2) is 34.8 Å². The summed E-state index contributed by atoms with van der Waals surface area (Å²) in [4.78, 5) is 2.94. The molecule has 1 heterocycles. The number of hydrogen-bond acceptors (Lipinski definition) is 3. The number of halogens is 1. The van der Waals surface area contributed by atoms with Crippen molar-refractivity contribution in [3.05, 3.63) is 55.7 Å². The van der Waals surface area contributed by atoms with E-state index in [1.807, 2.05) is 11.3 Å². The summed E-state index contributed by atoms with van der Waals surface area (Å²) in [6, 6.07) is 11.0. The zero-order chi connectivity index (χ0) is 13.9. The molecule has 1 aromatic carbocycles. The molecule has 1 atom stereocenters. The molecule has 3 N–H and O–H groups in total. The van der Waals surface area contributed by atoms with Gasteiger partial charge < -0.3 is 0 Å². The first-order valence-electron chi connectivity index (χ1n) is 7.08. The Kier molecular flexibility index (Phi) is 4.56. The van der Waals surface area contributed by atoms with Gasteiger partial charge >= 0.3 is 0 Å². The molecule has 0 saturated carbocycles. The number of aryl methyl sites for hydroxylation is 2. The van der Waals surface area contributed by atoms with Gasteiger partial charge in [0.05, 0.1) is 6.04 Å². The summed E-state index contributed by atoms with van der Waals surface area (Å²) in [7, 11) is 0. The zero-order valence-electron chi connectivity index (χ0n) is 11.4. The van der Waals surface area contributed by atoms with E-state index in [1.165, 1.54) is 36.1 Å². The van der Waals surface area contributed by atoms with Gasteiger partial charge in [-0.05, 0) is 61.4 Å². The smallest absolute Gasteiger partial charge is 0.0593 e. The molecule has 0 spiro atoms. The molecule has 106 valence electrons. The van der Waals surface area contributed by atoms with E-state index in [2.05, 4.69) is 51.7 Å². The fraction of sp³-hybridized carbons (Fsp3) is 0.375. The Hall–Kier alpha value is -0.680. The van der Waals surface area contributed by atoms with Crippen molar-refractivity contribution in [2.45, 2.75) is 38.1 Å². The third-order valence-electron chi connectivity index (χ3n) is 3.89. The molecule has 2 nitrogen and oxygen atoms in total. The first kappa shape index (κ1) is 14.3. The van der Waals surface area contributed by atoms with Gasteiger partial charge in [-0.15, -0.1) is 11.3 Å². The SMILES string of the molecule is NNC(Cc1cccc(Br)c1)c1cc2c(s1)CCCC2. The largest absolute Gasteiger partial charge is 0.271 e. The Morgan fingerprint density at radius 1 is 1.25 bits per heavy atom. The first-order valence-corrected chi connectivity index (χ1v) is 8.69.